The van der Waals surface area contributed by atoms with Gasteiger partial charge in [-0.3, -0.25) is 4.98 Å². The van der Waals surface area contributed by atoms with Crippen molar-refractivity contribution in [1.82, 2.24) is 4.98 Å². The molecule has 0 unspecified atom stereocenters. The first-order valence-electron chi connectivity index (χ1n) is 5.33. The fraction of sp³-hybridized carbons (Fsp3) is 0.154. The summed E-state index contributed by atoms with van der Waals surface area (Å²) in [7, 11) is 0. The van der Waals surface area contributed by atoms with Crippen LogP contribution in [0.15, 0.2) is 54.7 Å². The van der Waals surface area contributed by atoms with Crippen LogP contribution in [0.2, 0.25) is 0 Å². The summed E-state index contributed by atoms with van der Waals surface area (Å²) in [6.07, 6.45) is 2.66. The van der Waals surface area contributed by atoms with E-state index in [1.807, 2.05) is 48.5 Å². The van der Waals surface area contributed by atoms with E-state index in [1.54, 1.807) is 11.2 Å². The molecule has 0 aliphatic rings. The van der Waals surface area contributed by atoms with E-state index in [2.05, 4.69) is 4.98 Å². The van der Waals surface area contributed by atoms with Crippen molar-refractivity contribution < 1.29 is 0 Å². The van der Waals surface area contributed by atoms with Gasteiger partial charge in [0.2, 0.25) is 0 Å². The highest BCUT2D eigenvalue weighted by Crippen LogP contribution is 2.09. The van der Waals surface area contributed by atoms with Crippen molar-refractivity contribution in [1.29, 1.82) is 0 Å². The second kappa shape index (κ2) is 5.28. The second-order valence-corrected chi connectivity index (χ2v) is 3.60. The minimum absolute atomic E-state index is 0.765. The van der Waals surface area contributed by atoms with Crippen molar-refractivity contribution in [3.8, 4) is 0 Å². The number of pyridine rings is 1. The Morgan fingerprint density at radius 2 is 1.75 bits per heavy atom. The van der Waals surface area contributed by atoms with E-state index < -0.39 is 0 Å². The number of hydrazine groups is 1. The van der Waals surface area contributed by atoms with Crippen LogP contribution >= 0.6 is 0 Å². The van der Waals surface area contributed by atoms with Crippen LogP contribution in [0.25, 0.3) is 0 Å². The Bertz CT molecular complexity index is 414. The smallest absolute Gasteiger partial charge is 0.0517 e. The summed E-state index contributed by atoms with van der Waals surface area (Å²) in [6.45, 7) is 0.765. The molecule has 0 spiro atoms. The van der Waals surface area contributed by atoms with Crippen LogP contribution in [0.5, 0.6) is 0 Å². The van der Waals surface area contributed by atoms with Gasteiger partial charge in [0.1, 0.15) is 0 Å². The average molecular weight is 213 g/mol. The summed E-state index contributed by atoms with van der Waals surface area (Å²) >= 11 is 0. The molecular weight excluding hydrogens is 198 g/mol. The zero-order valence-corrected chi connectivity index (χ0v) is 9.08. The summed E-state index contributed by atoms with van der Waals surface area (Å²) in [6, 6.07) is 15.9. The number of nitrogens with two attached hydrogens (primary N) is 1. The van der Waals surface area contributed by atoms with E-state index in [9.17, 15) is 0 Å². The molecule has 0 aliphatic carbocycles. The first kappa shape index (κ1) is 10.6. The Morgan fingerprint density at radius 3 is 2.44 bits per heavy atom. The molecule has 2 rings (SSSR count). The molecule has 2 aromatic rings. The first-order chi connectivity index (χ1) is 7.86. The van der Waals surface area contributed by atoms with E-state index in [1.165, 1.54) is 0 Å². The summed E-state index contributed by atoms with van der Waals surface area (Å²) in [5.74, 6) is 5.95. The number of anilines is 1. The minimum atomic E-state index is 0.765. The molecule has 0 saturated carbocycles. The molecule has 1 aromatic carbocycles. The van der Waals surface area contributed by atoms with Crippen molar-refractivity contribution in [2.24, 2.45) is 5.84 Å². The average Bonchev–Trinajstić information content (AvgIpc) is 2.38. The molecule has 3 heteroatoms. The summed E-state index contributed by atoms with van der Waals surface area (Å²) < 4.78 is 0. The van der Waals surface area contributed by atoms with Gasteiger partial charge in [0.15, 0.2) is 0 Å². The number of rotatable bonds is 4. The van der Waals surface area contributed by atoms with Gasteiger partial charge in [-0.25, -0.2) is 5.84 Å². The van der Waals surface area contributed by atoms with Crippen LogP contribution in [-0.4, -0.2) is 11.5 Å². The van der Waals surface area contributed by atoms with Gasteiger partial charge in [-0.05, 0) is 24.3 Å². The molecule has 0 amide bonds. The Morgan fingerprint density at radius 1 is 1.00 bits per heavy atom. The highest BCUT2D eigenvalue weighted by atomic mass is 15.4. The third kappa shape index (κ3) is 2.81. The van der Waals surface area contributed by atoms with E-state index in [4.69, 9.17) is 5.84 Å². The predicted molar refractivity (Wildman–Crippen MR) is 65.9 cm³/mol. The number of hydrogen-bond acceptors (Lipinski definition) is 3. The standard InChI is InChI=1S/C13H15N3/c14-16(13-7-2-1-3-8-13)11-9-12-6-4-5-10-15-12/h1-8,10H,9,11,14H2. The number of benzene rings is 1. The highest BCUT2D eigenvalue weighted by Gasteiger charge is 2.01. The van der Waals surface area contributed by atoms with Gasteiger partial charge < -0.3 is 5.01 Å². The number of nitrogens with zero attached hydrogens (tertiary/aromatic N) is 2. The van der Waals surface area contributed by atoms with Gasteiger partial charge >= 0.3 is 0 Å². The number of hydrogen-bond donors (Lipinski definition) is 1. The van der Waals surface area contributed by atoms with Gasteiger partial charge in [0, 0.05) is 24.9 Å². The van der Waals surface area contributed by atoms with Crippen LogP contribution in [-0.2, 0) is 6.42 Å². The van der Waals surface area contributed by atoms with Crippen molar-refractivity contribution in [3.05, 3.63) is 60.4 Å². The van der Waals surface area contributed by atoms with Crippen LogP contribution in [0.1, 0.15) is 5.69 Å². The van der Waals surface area contributed by atoms with Crippen LogP contribution in [0, 0.1) is 0 Å². The highest BCUT2D eigenvalue weighted by molar-refractivity contribution is 5.44. The van der Waals surface area contributed by atoms with Crippen molar-refractivity contribution in [2.45, 2.75) is 6.42 Å². The lowest BCUT2D eigenvalue weighted by Crippen LogP contribution is -2.32. The molecule has 0 bridgehead atoms. The van der Waals surface area contributed by atoms with Crippen LogP contribution in [0.3, 0.4) is 0 Å². The molecular formula is C13H15N3. The van der Waals surface area contributed by atoms with Gasteiger partial charge in [0.25, 0.3) is 0 Å². The van der Waals surface area contributed by atoms with Gasteiger partial charge in [-0.15, -0.1) is 0 Å². The fourth-order valence-corrected chi connectivity index (χ4v) is 1.53. The Balaban J connectivity index is 1.92. The predicted octanol–water partition coefficient (Wildman–Crippen LogP) is 2.00. The Hall–Kier alpha value is -1.87. The zero-order valence-electron chi connectivity index (χ0n) is 9.08. The zero-order chi connectivity index (χ0) is 11.2. The van der Waals surface area contributed by atoms with Crippen molar-refractivity contribution in [3.63, 3.8) is 0 Å². The monoisotopic (exact) mass is 213 g/mol. The Kier molecular flexibility index (Phi) is 3.51. The number of aromatic nitrogens is 1. The topological polar surface area (TPSA) is 42.1 Å². The molecule has 0 saturated heterocycles. The quantitative estimate of drug-likeness (QED) is 0.624. The molecule has 1 heterocycles. The molecule has 82 valence electrons. The SMILES string of the molecule is NN(CCc1ccccn1)c1ccccc1. The lowest BCUT2D eigenvalue weighted by Gasteiger charge is -2.18. The van der Waals surface area contributed by atoms with E-state index in [-0.39, 0.29) is 0 Å². The molecule has 0 radical (unpaired) electrons. The lowest BCUT2D eigenvalue weighted by molar-refractivity contribution is 0.808. The Labute approximate surface area is 95.5 Å². The molecule has 0 atom stereocenters. The maximum absolute atomic E-state index is 5.95. The second-order valence-electron chi connectivity index (χ2n) is 3.60. The molecule has 16 heavy (non-hydrogen) atoms. The largest absolute Gasteiger partial charge is 0.311 e. The maximum atomic E-state index is 5.95. The van der Waals surface area contributed by atoms with Crippen molar-refractivity contribution in [2.75, 3.05) is 11.6 Å². The van der Waals surface area contributed by atoms with Crippen LogP contribution in [0.4, 0.5) is 5.69 Å². The number of para-hydroxylation sites is 1. The summed E-state index contributed by atoms with van der Waals surface area (Å²) in [4.78, 5) is 4.26. The molecule has 0 fully saturated rings. The minimum Gasteiger partial charge on any atom is -0.311 e. The summed E-state index contributed by atoms with van der Waals surface area (Å²) in [5.41, 5.74) is 2.09. The fourth-order valence-electron chi connectivity index (χ4n) is 1.53. The molecule has 2 N–H and O–H groups in total. The van der Waals surface area contributed by atoms with Crippen molar-refractivity contribution >= 4 is 5.69 Å². The van der Waals surface area contributed by atoms with Gasteiger partial charge in [0.05, 0.1) is 5.69 Å². The van der Waals surface area contributed by atoms with Crippen LogP contribution < -0.4 is 10.9 Å². The maximum Gasteiger partial charge on any atom is 0.0517 e. The van der Waals surface area contributed by atoms with E-state index in [0.717, 1.165) is 24.3 Å². The molecule has 1 aromatic heterocycles. The van der Waals surface area contributed by atoms with Gasteiger partial charge in [-0.2, -0.15) is 0 Å². The third-order valence-electron chi connectivity index (χ3n) is 2.42. The van der Waals surface area contributed by atoms with E-state index in [0.29, 0.717) is 0 Å². The van der Waals surface area contributed by atoms with E-state index >= 15 is 0 Å². The molecule has 0 aliphatic heterocycles. The third-order valence-corrected chi connectivity index (χ3v) is 2.42. The molecule has 3 nitrogen and oxygen atoms in total. The summed E-state index contributed by atoms with van der Waals surface area (Å²) in [5, 5.41) is 1.74. The van der Waals surface area contributed by atoms with Gasteiger partial charge in [-0.1, -0.05) is 24.3 Å². The normalized spacial score (nSPS) is 10.1. The first-order valence-corrected chi connectivity index (χ1v) is 5.33. The lowest BCUT2D eigenvalue weighted by atomic mass is 10.2.